The number of sulfonamides is 1. The molecule has 6 nitrogen and oxygen atoms in total. The molecular formula is C12H15NO5S. The van der Waals surface area contributed by atoms with Gasteiger partial charge in [0.1, 0.15) is 0 Å². The average molecular weight is 285 g/mol. The Morgan fingerprint density at radius 3 is 2.26 bits per heavy atom. The van der Waals surface area contributed by atoms with Gasteiger partial charge in [0, 0.05) is 13.1 Å². The minimum absolute atomic E-state index is 0.0997. The fraction of sp³-hybridized carbons (Fsp3) is 0.417. The number of nitrogens with zero attached hydrogens (tertiary/aromatic N) is 1. The summed E-state index contributed by atoms with van der Waals surface area (Å²) in [6.45, 7) is 1.78. The SMILES string of the molecule is CC1(O)CN(S(=O)(=O)Cc2ccc(C(=O)O)cc2)C1. The molecule has 0 unspecified atom stereocenters. The Labute approximate surface area is 111 Å². The molecule has 0 aromatic heterocycles. The highest BCUT2D eigenvalue weighted by Gasteiger charge is 2.43. The van der Waals surface area contributed by atoms with E-state index in [1.54, 1.807) is 6.92 Å². The molecule has 1 fully saturated rings. The largest absolute Gasteiger partial charge is 0.478 e. The van der Waals surface area contributed by atoms with Gasteiger partial charge < -0.3 is 10.2 Å². The molecule has 7 heteroatoms. The van der Waals surface area contributed by atoms with E-state index in [-0.39, 0.29) is 24.4 Å². The topological polar surface area (TPSA) is 94.9 Å². The van der Waals surface area contributed by atoms with E-state index >= 15 is 0 Å². The first-order valence-electron chi connectivity index (χ1n) is 5.72. The fourth-order valence-electron chi connectivity index (χ4n) is 1.96. The molecule has 19 heavy (non-hydrogen) atoms. The van der Waals surface area contributed by atoms with Crippen LogP contribution in [-0.4, -0.2) is 47.6 Å². The average Bonchev–Trinajstić information content (AvgIpc) is 2.26. The third-order valence-corrected chi connectivity index (χ3v) is 4.72. The molecule has 1 heterocycles. The summed E-state index contributed by atoms with van der Waals surface area (Å²) in [5.41, 5.74) is -0.301. The molecule has 2 N–H and O–H groups in total. The van der Waals surface area contributed by atoms with Crippen LogP contribution in [0.2, 0.25) is 0 Å². The van der Waals surface area contributed by atoms with Gasteiger partial charge in [-0.1, -0.05) is 12.1 Å². The van der Waals surface area contributed by atoms with E-state index in [0.717, 1.165) is 0 Å². The third-order valence-electron chi connectivity index (χ3n) is 2.98. The first-order chi connectivity index (χ1) is 8.70. The van der Waals surface area contributed by atoms with Gasteiger partial charge in [-0.3, -0.25) is 0 Å². The highest BCUT2D eigenvalue weighted by molar-refractivity contribution is 7.88. The van der Waals surface area contributed by atoms with Crippen LogP contribution in [0.25, 0.3) is 0 Å². The summed E-state index contributed by atoms with van der Waals surface area (Å²) < 4.78 is 25.2. The quantitative estimate of drug-likeness (QED) is 0.828. The zero-order valence-electron chi connectivity index (χ0n) is 10.4. The fourth-order valence-corrected chi connectivity index (χ4v) is 3.70. The molecule has 104 valence electrons. The summed E-state index contributed by atoms with van der Waals surface area (Å²) in [5.74, 6) is -1.24. The normalized spacial score (nSPS) is 18.8. The van der Waals surface area contributed by atoms with Crippen LogP contribution in [-0.2, 0) is 15.8 Å². The van der Waals surface area contributed by atoms with Gasteiger partial charge in [-0.05, 0) is 24.6 Å². The molecule has 0 atom stereocenters. The number of rotatable bonds is 4. The number of aromatic carboxylic acids is 1. The second kappa shape index (κ2) is 4.59. The molecule has 0 spiro atoms. The zero-order valence-corrected chi connectivity index (χ0v) is 11.2. The van der Waals surface area contributed by atoms with Crippen LogP contribution in [0.5, 0.6) is 0 Å². The molecule has 1 aromatic carbocycles. The lowest BCUT2D eigenvalue weighted by Gasteiger charge is -2.42. The molecule has 0 saturated carbocycles. The van der Waals surface area contributed by atoms with Crippen LogP contribution in [0.4, 0.5) is 0 Å². The predicted molar refractivity (Wildman–Crippen MR) is 68.2 cm³/mol. The molecule has 1 saturated heterocycles. The number of β-amino-alcohol motifs (C(OH)–C–C–N with tert-alkyl or cyclic N) is 1. The number of benzene rings is 1. The highest BCUT2D eigenvalue weighted by atomic mass is 32.2. The van der Waals surface area contributed by atoms with Crippen LogP contribution in [0.3, 0.4) is 0 Å². The lowest BCUT2D eigenvalue weighted by molar-refractivity contribution is -0.0427. The van der Waals surface area contributed by atoms with Crippen LogP contribution in [0, 0.1) is 0 Å². The van der Waals surface area contributed by atoms with Crippen LogP contribution < -0.4 is 0 Å². The lowest BCUT2D eigenvalue weighted by Crippen LogP contribution is -2.61. The first kappa shape index (κ1) is 14.0. The monoisotopic (exact) mass is 285 g/mol. The van der Waals surface area contributed by atoms with Crippen molar-refractivity contribution in [3.05, 3.63) is 35.4 Å². The molecule has 1 aromatic rings. The molecule has 0 aliphatic carbocycles. The van der Waals surface area contributed by atoms with Gasteiger partial charge in [-0.15, -0.1) is 0 Å². The van der Waals surface area contributed by atoms with Gasteiger partial charge in [-0.25, -0.2) is 13.2 Å². The number of carboxylic acids is 1. The minimum Gasteiger partial charge on any atom is -0.478 e. The Morgan fingerprint density at radius 1 is 1.32 bits per heavy atom. The molecule has 2 rings (SSSR count). The lowest BCUT2D eigenvalue weighted by atomic mass is 10.0. The zero-order chi connectivity index (χ0) is 14.3. The Balaban J connectivity index is 2.06. The van der Waals surface area contributed by atoms with Crippen molar-refractivity contribution in [1.29, 1.82) is 0 Å². The van der Waals surface area contributed by atoms with E-state index in [4.69, 9.17) is 5.11 Å². The molecular weight excluding hydrogens is 270 g/mol. The molecule has 0 radical (unpaired) electrons. The van der Waals surface area contributed by atoms with Crippen LogP contribution in [0.1, 0.15) is 22.8 Å². The Kier molecular flexibility index (Phi) is 3.38. The van der Waals surface area contributed by atoms with Crippen molar-refractivity contribution in [3.8, 4) is 0 Å². The summed E-state index contributed by atoms with van der Waals surface area (Å²) in [5, 5.41) is 18.3. The Hall–Kier alpha value is -1.44. The van der Waals surface area contributed by atoms with Gasteiger partial charge in [0.15, 0.2) is 0 Å². The minimum atomic E-state index is -3.45. The van der Waals surface area contributed by atoms with E-state index in [2.05, 4.69) is 0 Å². The van der Waals surface area contributed by atoms with E-state index in [1.807, 2.05) is 0 Å². The molecule has 0 amide bonds. The smallest absolute Gasteiger partial charge is 0.335 e. The van der Waals surface area contributed by atoms with Gasteiger partial charge in [0.25, 0.3) is 0 Å². The summed E-state index contributed by atoms with van der Waals surface area (Å²) in [4.78, 5) is 10.7. The maximum absolute atomic E-state index is 12.0. The molecule has 1 aliphatic heterocycles. The maximum Gasteiger partial charge on any atom is 0.335 e. The summed E-state index contributed by atoms with van der Waals surface area (Å²) >= 11 is 0. The van der Waals surface area contributed by atoms with Crippen molar-refractivity contribution in [1.82, 2.24) is 4.31 Å². The van der Waals surface area contributed by atoms with E-state index in [9.17, 15) is 18.3 Å². The van der Waals surface area contributed by atoms with Crippen molar-refractivity contribution in [3.63, 3.8) is 0 Å². The van der Waals surface area contributed by atoms with Gasteiger partial charge in [-0.2, -0.15) is 4.31 Å². The Bertz CT molecular complexity index is 583. The summed E-state index contributed by atoms with van der Waals surface area (Å²) in [6.07, 6.45) is 0. The molecule has 1 aliphatic rings. The highest BCUT2D eigenvalue weighted by Crippen LogP contribution is 2.25. The van der Waals surface area contributed by atoms with Crippen molar-refractivity contribution in [2.75, 3.05) is 13.1 Å². The van der Waals surface area contributed by atoms with Crippen molar-refractivity contribution in [2.45, 2.75) is 18.3 Å². The number of carbonyl (C=O) groups is 1. The van der Waals surface area contributed by atoms with Crippen molar-refractivity contribution < 1.29 is 23.4 Å². The number of hydrogen-bond donors (Lipinski definition) is 2. The van der Waals surface area contributed by atoms with E-state index in [0.29, 0.717) is 5.56 Å². The van der Waals surface area contributed by atoms with Crippen molar-refractivity contribution >= 4 is 16.0 Å². The van der Waals surface area contributed by atoms with Gasteiger partial charge in [0.05, 0.1) is 16.9 Å². The summed E-state index contributed by atoms with van der Waals surface area (Å²) in [7, 11) is -3.45. The van der Waals surface area contributed by atoms with Gasteiger partial charge >= 0.3 is 5.97 Å². The maximum atomic E-state index is 12.0. The number of carboxylic acid groups (broad SMARTS) is 1. The standard InChI is InChI=1S/C12H15NO5S/c1-12(16)7-13(8-12)19(17,18)6-9-2-4-10(5-3-9)11(14)15/h2-5,16H,6-8H2,1H3,(H,14,15). The van der Waals surface area contributed by atoms with Crippen molar-refractivity contribution in [2.24, 2.45) is 0 Å². The number of aliphatic hydroxyl groups is 1. The van der Waals surface area contributed by atoms with Crippen LogP contribution >= 0.6 is 0 Å². The van der Waals surface area contributed by atoms with E-state index in [1.165, 1.54) is 28.6 Å². The summed E-state index contributed by atoms with van der Waals surface area (Å²) in [6, 6.07) is 5.72. The second-order valence-electron chi connectivity index (χ2n) is 5.02. The number of hydrogen-bond acceptors (Lipinski definition) is 4. The second-order valence-corrected chi connectivity index (χ2v) is 6.99. The Morgan fingerprint density at radius 2 is 1.84 bits per heavy atom. The van der Waals surface area contributed by atoms with E-state index < -0.39 is 21.6 Å². The van der Waals surface area contributed by atoms with Crippen LogP contribution in [0.15, 0.2) is 24.3 Å². The van der Waals surface area contributed by atoms with Gasteiger partial charge in [0.2, 0.25) is 10.0 Å². The predicted octanol–water partition coefficient (Wildman–Crippen LogP) is 0.281. The molecule has 0 bridgehead atoms. The first-order valence-corrected chi connectivity index (χ1v) is 7.33. The third kappa shape index (κ3) is 3.12.